The molecule has 0 amide bonds. The second kappa shape index (κ2) is 1.84. The van der Waals surface area contributed by atoms with Gasteiger partial charge in [-0.1, -0.05) is 0 Å². The maximum absolute atomic E-state index is 5.45. The summed E-state index contributed by atoms with van der Waals surface area (Å²) in [7, 11) is 5.45. The van der Waals surface area contributed by atoms with E-state index in [0.29, 0.717) is 4.91 Å². The van der Waals surface area contributed by atoms with Crippen LogP contribution in [-0.4, -0.2) is 12.8 Å². The highest BCUT2D eigenvalue weighted by Gasteiger charge is 2.24. The quantitative estimate of drug-likeness (QED) is 0.519. The first-order valence-corrected chi connectivity index (χ1v) is 3.89. The summed E-state index contributed by atoms with van der Waals surface area (Å²) in [4.78, 5) is 6.05. The first kappa shape index (κ1) is 5.48. The summed E-state index contributed by atoms with van der Waals surface area (Å²) < 4.78 is 0. The molecule has 2 radical (unpaired) electrons. The minimum Gasteiger partial charge on any atom is -0.261 e. The Labute approximate surface area is 59.5 Å². The minimum absolute atomic E-state index is 0.705. The van der Waals surface area contributed by atoms with Crippen molar-refractivity contribution in [1.29, 1.82) is 0 Å². The van der Waals surface area contributed by atoms with Gasteiger partial charge in [-0.25, -0.2) is 0 Å². The first-order chi connectivity index (χ1) is 4.36. The van der Waals surface area contributed by atoms with Gasteiger partial charge in [0, 0.05) is 16.0 Å². The highest BCUT2D eigenvalue weighted by atomic mass is 32.1. The van der Waals surface area contributed by atoms with Gasteiger partial charge in [0.05, 0.1) is 0 Å². The maximum atomic E-state index is 5.45. The molecule has 0 spiro atoms. The molecule has 44 valence electrons. The molecule has 2 rings (SSSR count). The van der Waals surface area contributed by atoms with Gasteiger partial charge in [0.1, 0.15) is 0 Å². The average molecular weight is 135 g/mol. The molecule has 9 heavy (non-hydrogen) atoms. The third-order valence-electron chi connectivity index (χ3n) is 1.52. The standard InChI is InChI=1S/C6H6BNS/c7-6-8-3-5(9-6)4-1-2-4/h3-4H,1-2H2. The molecular weight excluding hydrogens is 129 g/mol. The summed E-state index contributed by atoms with van der Waals surface area (Å²) in [5, 5.41) is 0. The van der Waals surface area contributed by atoms with Gasteiger partial charge in [-0.3, -0.25) is 4.98 Å². The van der Waals surface area contributed by atoms with Crippen LogP contribution in [0.2, 0.25) is 0 Å². The summed E-state index contributed by atoms with van der Waals surface area (Å²) in [6, 6.07) is 0. The fourth-order valence-corrected chi connectivity index (χ4v) is 1.71. The third kappa shape index (κ3) is 1.01. The molecule has 0 unspecified atom stereocenters. The van der Waals surface area contributed by atoms with E-state index in [0.717, 1.165) is 5.92 Å². The lowest BCUT2D eigenvalue weighted by Crippen LogP contribution is -1.95. The Bertz CT molecular complexity index is 217. The maximum Gasteiger partial charge on any atom is 0.157 e. The Hall–Kier alpha value is -0.305. The average Bonchev–Trinajstić information content (AvgIpc) is 2.58. The fourth-order valence-electron chi connectivity index (χ4n) is 0.857. The van der Waals surface area contributed by atoms with Crippen LogP contribution in [0.15, 0.2) is 6.20 Å². The van der Waals surface area contributed by atoms with Crippen molar-refractivity contribution >= 4 is 24.1 Å². The normalized spacial score (nSPS) is 18.2. The number of rotatable bonds is 1. The summed E-state index contributed by atoms with van der Waals surface area (Å²) in [6.45, 7) is 0. The monoisotopic (exact) mass is 135 g/mol. The molecule has 0 aliphatic heterocycles. The lowest BCUT2D eigenvalue weighted by Gasteiger charge is -1.81. The highest BCUT2D eigenvalue weighted by Crippen LogP contribution is 2.41. The van der Waals surface area contributed by atoms with E-state index in [4.69, 9.17) is 7.85 Å². The predicted octanol–water partition coefficient (Wildman–Crippen LogP) is 0.814. The third-order valence-corrected chi connectivity index (χ3v) is 2.51. The molecule has 1 aliphatic rings. The van der Waals surface area contributed by atoms with Crippen LogP contribution in [0, 0.1) is 0 Å². The SMILES string of the molecule is [B]c1ncc(C2CC2)s1. The van der Waals surface area contributed by atoms with Crippen molar-refractivity contribution in [3.63, 3.8) is 0 Å². The van der Waals surface area contributed by atoms with E-state index in [1.165, 1.54) is 17.7 Å². The van der Waals surface area contributed by atoms with Gasteiger partial charge in [0.2, 0.25) is 0 Å². The van der Waals surface area contributed by atoms with Crippen molar-refractivity contribution in [1.82, 2.24) is 4.98 Å². The molecule has 0 N–H and O–H groups in total. The minimum atomic E-state index is 0.705. The Kier molecular flexibility index (Phi) is 1.12. The Morgan fingerprint density at radius 3 is 2.89 bits per heavy atom. The molecule has 1 aliphatic carbocycles. The molecule has 1 aromatic heterocycles. The van der Waals surface area contributed by atoms with E-state index in [2.05, 4.69) is 4.98 Å². The zero-order valence-electron chi connectivity index (χ0n) is 5.00. The zero-order valence-corrected chi connectivity index (χ0v) is 5.82. The summed E-state index contributed by atoms with van der Waals surface area (Å²) in [6.07, 6.45) is 4.57. The lowest BCUT2D eigenvalue weighted by molar-refractivity contribution is 1.16. The lowest BCUT2D eigenvalue weighted by atomic mass is 10.2. The smallest absolute Gasteiger partial charge is 0.157 e. The van der Waals surface area contributed by atoms with Crippen LogP contribution in [0.3, 0.4) is 0 Å². The van der Waals surface area contributed by atoms with Crippen LogP contribution >= 0.6 is 11.3 Å². The van der Waals surface area contributed by atoms with E-state index in [-0.39, 0.29) is 0 Å². The first-order valence-electron chi connectivity index (χ1n) is 3.07. The number of hydrogen-bond donors (Lipinski definition) is 0. The van der Waals surface area contributed by atoms with Gasteiger partial charge in [-0.15, -0.1) is 11.3 Å². The van der Waals surface area contributed by atoms with E-state index < -0.39 is 0 Å². The predicted molar refractivity (Wildman–Crippen MR) is 39.5 cm³/mol. The van der Waals surface area contributed by atoms with Crippen LogP contribution in [-0.2, 0) is 0 Å². The summed E-state index contributed by atoms with van der Waals surface area (Å²) >= 11 is 1.62. The molecule has 0 saturated heterocycles. The van der Waals surface area contributed by atoms with Gasteiger partial charge >= 0.3 is 0 Å². The van der Waals surface area contributed by atoms with E-state index in [1.807, 2.05) is 6.20 Å². The van der Waals surface area contributed by atoms with Crippen LogP contribution in [0.5, 0.6) is 0 Å². The zero-order chi connectivity index (χ0) is 6.27. The molecular formula is C6H6BNS. The Morgan fingerprint density at radius 2 is 2.44 bits per heavy atom. The van der Waals surface area contributed by atoms with Gasteiger partial charge < -0.3 is 0 Å². The van der Waals surface area contributed by atoms with Crippen LogP contribution < -0.4 is 4.91 Å². The number of thiazole rings is 1. The van der Waals surface area contributed by atoms with Crippen molar-refractivity contribution in [2.45, 2.75) is 18.8 Å². The summed E-state index contributed by atoms with van der Waals surface area (Å²) in [5.74, 6) is 0.805. The summed E-state index contributed by atoms with van der Waals surface area (Å²) in [5.41, 5.74) is 0. The fraction of sp³-hybridized carbons (Fsp3) is 0.500. The van der Waals surface area contributed by atoms with Crippen molar-refractivity contribution in [3.8, 4) is 0 Å². The van der Waals surface area contributed by atoms with Gasteiger partial charge in [-0.2, -0.15) is 0 Å². The number of hydrogen-bond acceptors (Lipinski definition) is 2. The Balaban J connectivity index is 2.28. The van der Waals surface area contributed by atoms with Crippen molar-refractivity contribution in [2.75, 3.05) is 0 Å². The Morgan fingerprint density at radius 1 is 1.67 bits per heavy atom. The van der Waals surface area contributed by atoms with Crippen LogP contribution in [0.4, 0.5) is 0 Å². The van der Waals surface area contributed by atoms with Crippen LogP contribution in [0.1, 0.15) is 23.6 Å². The number of aromatic nitrogens is 1. The molecule has 0 bridgehead atoms. The molecule has 1 heterocycles. The molecule has 1 saturated carbocycles. The second-order valence-electron chi connectivity index (χ2n) is 2.38. The molecule has 0 aromatic carbocycles. The van der Waals surface area contributed by atoms with Gasteiger partial charge in [0.15, 0.2) is 7.85 Å². The van der Waals surface area contributed by atoms with E-state index >= 15 is 0 Å². The molecule has 1 aromatic rings. The van der Waals surface area contributed by atoms with Crippen molar-refractivity contribution in [3.05, 3.63) is 11.1 Å². The topological polar surface area (TPSA) is 12.9 Å². The van der Waals surface area contributed by atoms with Gasteiger partial charge in [0.25, 0.3) is 0 Å². The van der Waals surface area contributed by atoms with E-state index in [9.17, 15) is 0 Å². The number of nitrogens with zero attached hydrogens (tertiary/aromatic N) is 1. The van der Waals surface area contributed by atoms with Crippen molar-refractivity contribution in [2.24, 2.45) is 0 Å². The largest absolute Gasteiger partial charge is 0.261 e. The molecule has 1 fully saturated rings. The second-order valence-corrected chi connectivity index (χ2v) is 3.47. The molecule has 1 nitrogen and oxygen atoms in total. The van der Waals surface area contributed by atoms with E-state index in [1.54, 1.807) is 11.3 Å². The van der Waals surface area contributed by atoms with Crippen molar-refractivity contribution < 1.29 is 0 Å². The van der Waals surface area contributed by atoms with Crippen LogP contribution in [0.25, 0.3) is 0 Å². The highest BCUT2D eigenvalue weighted by molar-refractivity contribution is 7.19. The van der Waals surface area contributed by atoms with Gasteiger partial charge in [-0.05, 0) is 18.8 Å². The molecule has 3 heteroatoms. The molecule has 0 atom stereocenters.